The molecule has 0 unspecified atom stereocenters. The predicted molar refractivity (Wildman–Crippen MR) is 156 cm³/mol. The Labute approximate surface area is 237 Å². The van der Waals surface area contributed by atoms with Gasteiger partial charge in [0, 0.05) is 37.6 Å². The summed E-state index contributed by atoms with van der Waals surface area (Å²) in [5.74, 6) is -0.710. The molecule has 3 heterocycles. The maximum absolute atomic E-state index is 12.9. The number of hydrogen-bond donors (Lipinski definition) is 2. The molecule has 1 aliphatic heterocycles. The van der Waals surface area contributed by atoms with Crippen LogP contribution in [0.1, 0.15) is 21.5 Å². The summed E-state index contributed by atoms with van der Waals surface area (Å²) in [7, 11) is -0.0562. The molecule has 0 aliphatic carbocycles. The van der Waals surface area contributed by atoms with Gasteiger partial charge in [-0.2, -0.15) is 0 Å². The lowest BCUT2D eigenvalue weighted by Crippen LogP contribution is -2.45. The van der Waals surface area contributed by atoms with Crippen molar-refractivity contribution in [3.05, 3.63) is 83.6 Å². The summed E-state index contributed by atoms with van der Waals surface area (Å²) in [5, 5.41) is 10.9. The number of pyridine rings is 1. The second-order valence-corrected chi connectivity index (χ2v) is 12.0. The number of fused-ring (bicyclic) bond motifs is 1. The van der Waals surface area contributed by atoms with E-state index in [1.54, 1.807) is 37.4 Å². The van der Waals surface area contributed by atoms with Crippen molar-refractivity contribution >= 4 is 49.8 Å². The lowest BCUT2D eigenvalue weighted by molar-refractivity contribution is -0.119. The number of H-pyrrole nitrogens is 1. The highest BCUT2D eigenvalue weighted by Gasteiger charge is 2.25. The number of aliphatic imine (C=N–C) groups is 1. The molecule has 5 rings (SSSR count). The normalized spacial score (nSPS) is 15.5. The maximum Gasteiger partial charge on any atom is 0.339 e. The fourth-order valence-electron chi connectivity index (χ4n) is 4.61. The van der Waals surface area contributed by atoms with Crippen molar-refractivity contribution in [1.29, 1.82) is 0 Å². The molecule has 41 heavy (non-hydrogen) atoms. The van der Waals surface area contributed by atoms with Gasteiger partial charge in [0.15, 0.2) is 9.84 Å². The van der Waals surface area contributed by atoms with Crippen LogP contribution in [0, 0.1) is 0 Å². The summed E-state index contributed by atoms with van der Waals surface area (Å²) in [5.41, 5.74) is 3.94. The number of likely N-dealkylation sites (N-methyl/N-ethyl adjacent to an activating group) is 1. The molecule has 0 spiro atoms. The van der Waals surface area contributed by atoms with E-state index < -0.39 is 15.8 Å². The molecule has 0 bridgehead atoms. The number of carbonyl (C=O) groups excluding carboxylic acids is 2. The number of benzene rings is 2. The van der Waals surface area contributed by atoms with Gasteiger partial charge in [-0.05, 0) is 30.3 Å². The number of hydrogen-bond acceptors (Lipinski definition) is 9. The first-order valence-electron chi connectivity index (χ1n) is 12.9. The largest absolute Gasteiger partial charge is 0.494 e. The Morgan fingerprint density at radius 2 is 1.76 bits per heavy atom. The molecule has 1 amide bonds. The van der Waals surface area contributed by atoms with E-state index in [2.05, 4.69) is 9.97 Å². The number of nitrogens with one attached hydrogen (secondary N) is 1. The van der Waals surface area contributed by atoms with Gasteiger partial charge in [0.2, 0.25) is 11.8 Å². The number of aromatic nitrogens is 2. The Balaban J connectivity index is 1.43. The smallest absolute Gasteiger partial charge is 0.339 e. The fraction of sp³-hybridized carbons (Fsp3) is 0.241. The Bertz CT molecular complexity index is 1720. The number of amides is 1. The van der Waals surface area contributed by atoms with Crippen LogP contribution in [-0.4, -0.2) is 91.3 Å². The summed E-state index contributed by atoms with van der Waals surface area (Å²) in [6.07, 6.45) is 1.39. The van der Waals surface area contributed by atoms with E-state index in [0.717, 1.165) is 5.56 Å². The Morgan fingerprint density at radius 3 is 2.41 bits per heavy atom. The number of nitrogens with zero attached hydrogens (tertiary/aromatic N) is 4. The first-order chi connectivity index (χ1) is 19.6. The van der Waals surface area contributed by atoms with Crippen molar-refractivity contribution in [3.63, 3.8) is 0 Å². The molecule has 1 saturated heterocycles. The Kier molecular flexibility index (Phi) is 7.86. The summed E-state index contributed by atoms with van der Waals surface area (Å²) in [6.45, 7) is 0.823. The summed E-state index contributed by atoms with van der Waals surface area (Å²) in [6, 6.07) is 18.0. The van der Waals surface area contributed by atoms with Gasteiger partial charge in [-0.3, -0.25) is 14.7 Å². The van der Waals surface area contributed by atoms with Gasteiger partial charge in [-0.15, -0.1) is 0 Å². The summed E-state index contributed by atoms with van der Waals surface area (Å²) < 4.78 is 28.1. The van der Waals surface area contributed by atoms with E-state index in [4.69, 9.17) is 9.73 Å². The summed E-state index contributed by atoms with van der Waals surface area (Å²) >= 11 is 0. The van der Waals surface area contributed by atoms with Gasteiger partial charge >= 0.3 is 5.97 Å². The van der Waals surface area contributed by atoms with Crippen molar-refractivity contribution in [2.24, 2.45) is 4.99 Å². The zero-order valence-corrected chi connectivity index (χ0v) is 23.4. The third-order valence-corrected chi connectivity index (χ3v) is 8.58. The van der Waals surface area contributed by atoms with Crippen molar-refractivity contribution in [2.75, 3.05) is 50.2 Å². The molecule has 2 aromatic heterocycles. The van der Waals surface area contributed by atoms with Crippen LogP contribution in [0.25, 0.3) is 11.0 Å². The molecular formula is C29H29N5O6S. The lowest BCUT2D eigenvalue weighted by atomic mass is 10.0. The monoisotopic (exact) mass is 575 g/mol. The van der Waals surface area contributed by atoms with Crippen molar-refractivity contribution in [2.45, 2.75) is 0 Å². The number of aromatic hydroxyl groups is 1. The summed E-state index contributed by atoms with van der Waals surface area (Å²) in [4.78, 5) is 40.4. The topological polar surface area (TPSA) is 145 Å². The minimum absolute atomic E-state index is 0.0639. The molecule has 1 fully saturated rings. The number of carbonyl (C=O) groups is 2. The van der Waals surface area contributed by atoms with E-state index in [-0.39, 0.29) is 35.4 Å². The number of sulfone groups is 1. The number of ether oxygens (including phenoxy) is 1. The lowest BCUT2D eigenvalue weighted by Gasteiger charge is -2.28. The number of aromatic amines is 1. The van der Waals surface area contributed by atoms with Crippen LogP contribution < -0.4 is 4.90 Å². The van der Waals surface area contributed by atoms with Crippen LogP contribution in [0.5, 0.6) is 5.88 Å². The second-order valence-electron chi connectivity index (χ2n) is 9.68. The average Bonchev–Trinajstić information content (AvgIpc) is 3.31. The first-order valence-corrected chi connectivity index (χ1v) is 14.7. The predicted octanol–water partition coefficient (Wildman–Crippen LogP) is 2.92. The minimum Gasteiger partial charge on any atom is -0.494 e. The quantitative estimate of drug-likeness (QED) is 0.253. The Hall–Kier alpha value is -4.55. The number of esters is 1. The molecule has 2 N–H and O–H groups in total. The van der Waals surface area contributed by atoms with Crippen LogP contribution in [0.15, 0.2) is 71.9 Å². The zero-order chi connectivity index (χ0) is 29.1. The minimum atomic E-state index is -3.02. The van der Waals surface area contributed by atoms with E-state index in [1.807, 2.05) is 35.2 Å². The van der Waals surface area contributed by atoms with E-state index >= 15 is 0 Å². The maximum atomic E-state index is 12.9. The van der Waals surface area contributed by atoms with E-state index in [1.165, 1.54) is 18.2 Å². The molecule has 0 radical (unpaired) electrons. The van der Waals surface area contributed by atoms with Crippen LogP contribution in [-0.2, 0) is 19.4 Å². The van der Waals surface area contributed by atoms with Crippen LogP contribution in [0.2, 0.25) is 0 Å². The van der Waals surface area contributed by atoms with Crippen LogP contribution in [0.3, 0.4) is 0 Å². The first kappa shape index (κ1) is 28.0. The van der Waals surface area contributed by atoms with Crippen LogP contribution >= 0.6 is 0 Å². The standard InChI is InChI=1S/C29H29N5O6S/c1-33(24(35)18-34-12-14-41(38,39)15-13-34)22-10-8-21(9-11-22)31-26(19-6-4-3-5-7-19)25-27-23(32-28(25)36)16-20(17-30-27)29(37)40-2/h3-11,16-17,32,36H,12-15,18H2,1-2H3. The highest BCUT2D eigenvalue weighted by Crippen LogP contribution is 2.31. The zero-order valence-electron chi connectivity index (χ0n) is 22.6. The Morgan fingerprint density at radius 1 is 1.07 bits per heavy atom. The van der Waals surface area contributed by atoms with Gasteiger partial charge < -0.3 is 19.7 Å². The van der Waals surface area contributed by atoms with E-state index in [0.29, 0.717) is 46.8 Å². The van der Waals surface area contributed by atoms with E-state index in [9.17, 15) is 23.1 Å². The molecule has 12 heteroatoms. The van der Waals surface area contributed by atoms with Gasteiger partial charge in [-0.1, -0.05) is 30.3 Å². The average molecular weight is 576 g/mol. The molecule has 1 aliphatic rings. The van der Waals surface area contributed by atoms with Gasteiger partial charge in [0.05, 0.1) is 53.2 Å². The van der Waals surface area contributed by atoms with Gasteiger partial charge in [-0.25, -0.2) is 18.2 Å². The third kappa shape index (κ3) is 6.13. The molecule has 0 atom stereocenters. The highest BCUT2D eigenvalue weighted by molar-refractivity contribution is 7.91. The molecule has 11 nitrogen and oxygen atoms in total. The number of rotatable bonds is 7. The SMILES string of the molecule is COC(=O)c1cnc2c(C(=Nc3ccc(N(C)C(=O)CN4CCS(=O)(=O)CC4)cc3)c3ccccc3)c(O)[nH]c2c1. The highest BCUT2D eigenvalue weighted by atomic mass is 32.2. The van der Waals surface area contributed by atoms with Crippen molar-refractivity contribution in [3.8, 4) is 5.88 Å². The molecule has 212 valence electrons. The number of methoxy groups -OCH3 is 1. The molecule has 4 aromatic rings. The number of anilines is 1. The van der Waals surface area contributed by atoms with Gasteiger partial charge in [0.1, 0.15) is 5.52 Å². The van der Waals surface area contributed by atoms with Gasteiger partial charge in [0.25, 0.3) is 0 Å². The third-order valence-electron chi connectivity index (χ3n) is 6.97. The molecule has 2 aromatic carbocycles. The molecular weight excluding hydrogens is 546 g/mol. The molecule has 0 saturated carbocycles. The van der Waals surface area contributed by atoms with Crippen LogP contribution in [0.4, 0.5) is 11.4 Å². The fourth-order valence-corrected chi connectivity index (χ4v) is 5.88. The second kappa shape index (κ2) is 11.5. The van der Waals surface area contributed by atoms with Crippen molar-refractivity contribution < 1.29 is 27.9 Å². The van der Waals surface area contributed by atoms with Crippen molar-refractivity contribution in [1.82, 2.24) is 14.9 Å².